The van der Waals surface area contributed by atoms with E-state index in [-0.39, 0.29) is 6.61 Å². The summed E-state index contributed by atoms with van der Waals surface area (Å²) in [7, 11) is -1.61. The Morgan fingerprint density at radius 1 is 1.13 bits per heavy atom. The van der Waals surface area contributed by atoms with Crippen molar-refractivity contribution >= 4 is 8.32 Å². The third kappa shape index (κ3) is 4.36. The van der Waals surface area contributed by atoms with Gasteiger partial charge in [0.2, 0.25) is 8.32 Å². The van der Waals surface area contributed by atoms with Crippen LogP contribution in [0.25, 0.3) is 0 Å². The zero-order valence-electron chi connectivity index (χ0n) is 9.49. The maximum absolute atomic E-state index is 8.69. The van der Waals surface area contributed by atoms with E-state index in [1.165, 1.54) is 0 Å². The highest BCUT2D eigenvalue weighted by atomic mass is 28.4. The predicted molar refractivity (Wildman–Crippen MR) is 63.0 cm³/mol. The average Bonchev–Trinajstić information content (AvgIpc) is 2.14. The van der Waals surface area contributed by atoms with Crippen LogP contribution in [0.15, 0.2) is 24.3 Å². The molecule has 0 amide bonds. The van der Waals surface area contributed by atoms with Crippen LogP contribution in [0.4, 0.5) is 0 Å². The van der Waals surface area contributed by atoms with Crippen molar-refractivity contribution in [2.45, 2.75) is 19.6 Å². The van der Waals surface area contributed by atoms with E-state index >= 15 is 0 Å². The van der Waals surface area contributed by atoms with Crippen LogP contribution in [0.1, 0.15) is 0 Å². The summed E-state index contributed by atoms with van der Waals surface area (Å²) in [5, 5.41) is 8.69. The molecule has 3 nitrogen and oxygen atoms in total. The Kier molecular flexibility index (Phi) is 4.17. The second-order valence-electron chi connectivity index (χ2n) is 4.23. The summed E-state index contributed by atoms with van der Waals surface area (Å²) >= 11 is 0. The SMILES string of the molecule is C[Si](C)(C)Oc1ccccc1OCCO. The van der Waals surface area contributed by atoms with Gasteiger partial charge in [-0.25, -0.2) is 0 Å². The maximum Gasteiger partial charge on any atom is 0.242 e. The topological polar surface area (TPSA) is 38.7 Å². The van der Waals surface area contributed by atoms with Gasteiger partial charge in [0, 0.05) is 0 Å². The fraction of sp³-hybridized carbons (Fsp3) is 0.455. The monoisotopic (exact) mass is 226 g/mol. The van der Waals surface area contributed by atoms with Crippen LogP contribution in [0.5, 0.6) is 11.5 Å². The fourth-order valence-corrected chi connectivity index (χ4v) is 1.97. The van der Waals surface area contributed by atoms with Crippen LogP contribution in [-0.4, -0.2) is 26.6 Å². The molecule has 1 N–H and O–H groups in total. The van der Waals surface area contributed by atoms with Gasteiger partial charge >= 0.3 is 0 Å². The van der Waals surface area contributed by atoms with Gasteiger partial charge in [0.1, 0.15) is 12.4 Å². The fourth-order valence-electron chi connectivity index (χ4n) is 1.14. The molecule has 4 heteroatoms. The first-order valence-electron chi connectivity index (χ1n) is 5.04. The molecule has 1 aromatic rings. The van der Waals surface area contributed by atoms with Crippen molar-refractivity contribution in [3.63, 3.8) is 0 Å². The summed E-state index contributed by atoms with van der Waals surface area (Å²) in [6, 6.07) is 7.56. The lowest BCUT2D eigenvalue weighted by molar-refractivity contribution is 0.198. The van der Waals surface area contributed by atoms with Crippen molar-refractivity contribution in [3.05, 3.63) is 24.3 Å². The molecule has 0 unspecified atom stereocenters. The second-order valence-corrected chi connectivity index (χ2v) is 8.66. The average molecular weight is 226 g/mol. The molecule has 0 saturated heterocycles. The molecule has 0 saturated carbocycles. The van der Waals surface area contributed by atoms with Gasteiger partial charge in [0.15, 0.2) is 5.75 Å². The summed E-state index contributed by atoms with van der Waals surface area (Å²) in [5.74, 6) is 1.47. The van der Waals surface area contributed by atoms with Crippen molar-refractivity contribution in [2.24, 2.45) is 0 Å². The zero-order chi connectivity index (χ0) is 11.3. The van der Waals surface area contributed by atoms with Gasteiger partial charge in [-0.1, -0.05) is 12.1 Å². The normalized spacial score (nSPS) is 11.2. The summed E-state index contributed by atoms with van der Waals surface area (Å²) in [6.07, 6.45) is 0. The molecule has 0 fully saturated rings. The molecule has 0 aromatic heterocycles. The molecule has 0 aliphatic carbocycles. The number of aliphatic hydroxyl groups is 1. The smallest absolute Gasteiger partial charge is 0.242 e. The third-order valence-electron chi connectivity index (χ3n) is 1.61. The number of aliphatic hydroxyl groups excluding tert-OH is 1. The number of hydrogen-bond acceptors (Lipinski definition) is 3. The van der Waals surface area contributed by atoms with Crippen molar-refractivity contribution in [2.75, 3.05) is 13.2 Å². The van der Waals surface area contributed by atoms with Gasteiger partial charge in [0.05, 0.1) is 6.61 Å². The summed E-state index contributed by atoms with van der Waals surface area (Å²) in [4.78, 5) is 0. The standard InChI is InChI=1S/C11H18O3Si/c1-15(2,3)14-11-7-5-4-6-10(11)13-9-8-12/h4-7,12H,8-9H2,1-3H3. The van der Waals surface area contributed by atoms with Gasteiger partial charge in [0.25, 0.3) is 0 Å². The van der Waals surface area contributed by atoms with Crippen LogP contribution in [0.3, 0.4) is 0 Å². The number of para-hydroxylation sites is 2. The molecule has 0 radical (unpaired) electrons. The van der Waals surface area contributed by atoms with E-state index in [0.29, 0.717) is 12.4 Å². The predicted octanol–water partition coefficient (Wildman–Crippen LogP) is 2.27. The van der Waals surface area contributed by atoms with Crippen LogP contribution in [0, 0.1) is 0 Å². The highest BCUT2D eigenvalue weighted by Crippen LogP contribution is 2.28. The minimum atomic E-state index is -1.61. The Hall–Kier alpha value is -1.00. The number of rotatable bonds is 5. The van der Waals surface area contributed by atoms with Crippen molar-refractivity contribution in [1.82, 2.24) is 0 Å². The van der Waals surface area contributed by atoms with E-state index < -0.39 is 8.32 Å². The molecule has 1 aromatic carbocycles. The Morgan fingerprint density at radius 3 is 2.27 bits per heavy atom. The largest absolute Gasteiger partial charge is 0.542 e. The van der Waals surface area contributed by atoms with Crippen LogP contribution >= 0.6 is 0 Å². The van der Waals surface area contributed by atoms with Crippen LogP contribution in [0.2, 0.25) is 19.6 Å². The first-order chi connectivity index (χ1) is 7.03. The summed E-state index contributed by atoms with van der Waals surface area (Å²) < 4.78 is 11.2. The lowest BCUT2D eigenvalue weighted by Crippen LogP contribution is -2.29. The van der Waals surface area contributed by atoms with Gasteiger partial charge in [-0.2, -0.15) is 0 Å². The van der Waals surface area contributed by atoms with E-state index in [4.69, 9.17) is 14.3 Å². The highest BCUT2D eigenvalue weighted by Gasteiger charge is 2.18. The Balaban J connectivity index is 2.77. The molecule has 0 aliphatic heterocycles. The molecule has 0 aliphatic rings. The maximum atomic E-state index is 8.69. The number of ether oxygens (including phenoxy) is 1. The molecule has 15 heavy (non-hydrogen) atoms. The third-order valence-corrected chi connectivity index (χ3v) is 2.45. The lowest BCUT2D eigenvalue weighted by atomic mass is 10.3. The Morgan fingerprint density at radius 2 is 1.73 bits per heavy atom. The van der Waals surface area contributed by atoms with E-state index in [1.807, 2.05) is 24.3 Å². The Bertz CT molecular complexity index is 307. The van der Waals surface area contributed by atoms with Crippen molar-refractivity contribution in [1.29, 1.82) is 0 Å². The molecule has 1 rings (SSSR count). The van der Waals surface area contributed by atoms with Gasteiger partial charge < -0.3 is 14.3 Å². The van der Waals surface area contributed by atoms with E-state index in [9.17, 15) is 0 Å². The quantitative estimate of drug-likeness (QED) is 0.783. The molecular weight excluding hydrogens is 208 g/mol. The van der Waals surface area contributed by atoms with Gasteiger partial charge in [-0.3, -0.25) is 0 Å². The molecular formula is C11H18O3Si. The van der Waals surface area contributed by atoms with Gasteiger partial charge in [-0.05, 0) is 31.8 Å². The molecule has 0 heterocycles. The summed E-state index contributed by atoms with van der Waals surface area (Å²) in [6.45, 7) is 6.68. The number of benzene rings is 1. The number of hydrogen-bond donors (Lipinski definition) is 1. The van der Waals surface area contributed by atoms with Crippen molar-refractivity contribution in [3.8, 4) is 11.5 Å². The molecule has 0 atom stereocenters. The minimum absolute atomic E-state index is 0.0152. The lowest BCUT2D eigenvalue weighted by Gasteiger charge is -2.21. The van der Waals surface area contributed by atoms with E-state index in [2.05, 4.69) is 19.6 Å². The highest BCUT2D eigenvalue weighted by molar-refractivity contribution is 6.70. The molecule has 0 spiro atoms. The zero-order valence-corrected chi connectivity index (χ0v) is 10.5. The van der Waals surface area contributed by atoms with Crippen molar-refractivity contribution < 1.29 is 14.3 Å². The first kappa shape index (κ1) is 12.1. The van der Waals surface area contributed by atoms with Crippen LogP contribution < -0.4 is 9.16 Å². The molecule has 0 bridgehead atoms. The second kappa shape index (κ2) is 5.18. The van der Waals surface area contributed by atoms with Crippen LogP contribution in [-0.2, 0) is 0 Å². The summed E-state index contributed by atoms with van der Waals surface area (Å²) in [5.41, 5.74) is 0. The van der Waals surface area contributed by atoms with E-state index in [1.54, 1.807) is 0 Å². The van der Waals surface area contributed by atoms with E-state index in [0.717, 1.165) is 5.75 Å². The minimum Gasteiger partial charge on any atom is -0.542 e. The Labute approximate surface area is 91.8 Å². The molecule has 84 valence electrons. The first-order valence-corrected chi connectivity index (χ1v) is 8.45. The van der Waals surface area contributed by atoms with Gasteiger partial charge in [-0.15, -0.1) is 0 Å².